The zero-order chi connectivity index (χ0) is 14.8. The SMILES string of the molecule is CC(NC1CCCC(C)(C)C1)c1cccc([N+](=O)[O-])c1. The molecule has 0 heterocycles. The van der Waals surface area contributed by atoms with Gasteiger partial charge in [0.15, 0.2) is 0 Å². The summed E-state index contributed by atoms with van der Waals surface area (Å²) in [7, 11) is 0. The summed E-state index contributed by atoms with van der Waals surface area (Å²) in [6.45, 7) is 6.72. The summed E-state index contributed by atoms with van der Waals surface area (Å²) in [5.41, 5.74) is 1.56. The summed E-state index contributed by atoms with van der Waals surface area (Å²) >= 11 is 0. The minimum atomic E-state index is -0.333. The van der Waals surface area contributed by atoms with Crippen molar-refractivity contribution in [3.05, 3.63) is 39.9 Å². The van der Waals surface area contributed by atoms with Crippen LogP contribution in [0.5, 0.6) is 0 Å². The number of benzene rings is 1. The fourth-order valence-electron chi connectivity index (χ4n) is 3.20. The van der Waals surface area contributed by atoms with Crippen LogP contribution in [0.1, 0.15) is 58.1 Å². The number of hydrogen-bond donors (Lipinski definition) is 1. The Morgan fingerprint density at radius 2 is 2.20 bits per heavy atom. The molecule has 0 radical (unpaired) electrons. The van der Waals surface area contributed by atoms with Crippen LogP contribution < -0.4 is 5.32 Å². The van der Waals surface area contributed by atoms with E-state index in [-0.39, 0.29) is 16.7 Å². The maximum Gasteiger partial charge on any atom is 0.269 e. The molecule has 0 aliphatic heterocycles. The molecule has 2 rings (SSSR count). The molecule has 1 saturated carbocycles. The molecule has 20 heavy (non-hydrogen) atoms. The van der Waals surface area contributed by atoms with Crippen LogP contribution in [0.25, 0.3) is 0 Å². The normalized spacial score (nSPS) is 23.2. The van der Waals surface area contributed by atoms with E-state index in [9.17, 15) is 10.1 Å². The highest BCUT2D eigenvalue weighted by Gasteiger charge is 2.28. The third-order valence-electron chi connectivity index (χ3n) is 4.27. The standard InChI is InChI=1S/C16H24N2O2/c1-12(13-6-4-8-15(10-13)18(19)20)17-14-7-5-9-16(2,3)11-14/h4,6,8,10,12,14,17H,5,7,9,11H2,1-3H3. The molecular weight excluding hydrogens is 252 g/mol. The van der Waals surface area contributed by atoms with Crippen LogP contribution in [0.4, 0.5) is 5.69 Å². The van der Waals surface area contributed by atoms with Gasteiger partial charge in [0.25, 0.3) is 5.69 Å². The minimum Gasteiger partial charge on any atom is -0.307 e. The van der Waals surface area contributed by atoms with Gasteiger partial charge < -0.3 is 5.32 Å². The predicted octanol–water partition coefficient (Wildman–Crippen LogP) is 4.21. The maximum absolute atomic E-state index is 10.8. The molecule has 1 aromatic rings. The highest BCUT2D eigenvalue weighted by atomic mass is 16.6. The number of nitro groups is 1. The minimum absolute atomic E-state index is 0.147. The fraction of sp³-hybridized carbons (Fsp3) is 0.625. The molecule has 0 amide bonds. The number of non-ortho nitro benzene ring substituents is 1. The van der Waals surface area contributed by atoms with Gasteiger partial charge in [0, 0.05) is 24.2 Å². The van der Waals surface area contributed by atoms with Crippen LogP contribution in [0.15, 0.2) is 24.3 Å². The molecule has 1 aromatic carbocycles. The van der Waals surface area contributed by atoms with Gasteiger partial charge in [-0.1, -0.05) is 32.4 Å². The number of nitrogens with one attached hydrogen (secondary N) is 1. The number of nitrogens with zero attached hydrogens (tertiary/aromatic N) is 1. The Kier molecular flexibility index (Phi) is 4.43. The molecule has 1 N–H and O–H groups in total. The van der Waals surface area contributed by atoms with E-state index in [0.717, 1.165) is 5.56 Å². The maximum atomic E-state index is 10.8. The van der Waals surface area contributed by atoms with Crippen molar-refractivity contribution in [2.24, 2.45) is 5.41 Å². The lowest BCUT2D eigenvalue weighted by Crippen LogP contribution is -2.38. The van der Waals surface area contributed by atoms with E-state index in [0.29, 0.717) is 11.5 Å². The van der Waals surface area contributed by atoms with Crippen molar-refractivity contribution in [2.45, 2.75) is 58.5 Å². The van der Waals surface area contributed by atoms with E-state index in [1.54, 1.807) is 18.2 Å². The monoisotopic (exact) mass is 276 g/mol. The van der Waals surface area contributed by atoms with Crippen molar-refractivity contribution in [3.63, 3.8) is 0 Å². The molecule has 2 unspecified atom stereocenters. The number of rotatable bonds is 4. The van der Waals surface area contributed by atoms with Crippen molar-refractivity contribution in [3.8, 4) is 0 Å². The van der Waals surface area contributed by atoms with Crippen LogP contribution in [-0.4, -0.2) is 11.0 Å². The molecule has 0 aromatic heterocycles. The molecule has 0 spiro atoms. The largest absolute Gasteiger partial charge is 0.307 e. The third-order valence-corrected chi connectivity index (χ3v) is 4.27. The Bertz CT molecular complexity index is 485. The Balaban J connectivity index is 2.02. The van der Waals surface area contributed by atoms with Crippen LogP contribution >= 0.6 is 0 Å². The number of hydrogen-bond acceptors (Lipinski definition) is 3. The Labute approximate surface area is 120 Å². The van der Waals surface area contributed by atoms with Gasteiger partial charge in [-0.3, -0.25) is 10.1 Å². The van der Waals surface area contributed by atoms with E-state index in [2.05, 4.69) is 26.1 Å². The molecule has 2 atom stereocenters. The van der Waals surface area contributed by atoms with Gasteiger partial charge >= 0.3 is 0 Å². The van der Waals surface area contributed by atoms with Crippen LogP contribution in [0, 0.1) is 15.5 Å². The van der Waals surface area contributed by atoms with Crippen molar-refractivity contribution < 1.29 is 4.92 Å². The number of nitro benzene ring substituents is 1. The van der Waals surface area contributed by atoms with Crippen molar-refractivity contribution in [1.82, 2.24) is 5.32 Å². The van der Waals surface area contributed by atoms with Crippen molar-refractivity contribution >= 4 is 5.69 Å². The van der Waals surface area contributed by atoms with Gasteiger partial charge in [-0.05, 0) is 37.2 Å². The molecule has 1 aliphatic carbocycles. The molecule has 0 saturated heterocycles. The highest BCUT2D eigenvalue weighted by molar-refractivity contribution is 5.35. The molecular formula is C16H24N2O2. The zero-order valence-corrected chi connectivity index (χ0v) is 12.6. The first-order valence-electron chi connectivity index (χ1n) is 7.38. The summed E-state index contributed by atoms with van der Waals surface area (Å²) in [4.78, 5) is 10.5. The third kappa shape index (κ3) is 3.79. The zero-order valence-electron chi connectivity index (χ0n) is 12.6. The van der Waals surface area contributed by atoms with E-state index in [4.69, 9.17) is 0 Å². The summed E-state index contributed by atoms with van der Waals surface area (Å²) in [5, 5.41) is 14.5. The lowest BCUT2D eigenvalue weighted by Gasteiger charge is -2.37. The van der Waals surface area contributed by atoms with Gasteiger partial charge in [-0.25, -0.2) is 0 Å². The summed E-state index contributed by atoms with van der Waals surface area (Å²) in [5.74, 6) is 0. The summed E-state index contributed by atoms with van der Waals surface area (Å²) in [6.07, 6.45) is 4.91. The molecule has 1 fully saturated rings. The van der Waals surface area contributed by atoms with Gasteiger partial charge in [0.2, 0.25) is 0 Å². The van der Waals surface area contributed by atoms with Gasteiger partial charge in [0.05, 0.1) is 4.92 Å². The molecule has 4 nitrogen and oxygen atoms in total. The van der Waals surface area contributed by atoms with E-state index in [1.807, 2.05) is 6.07 Å². The van der Waals surface area contributed by atoms with Gasteiger partial charge in [0.1, 0.15) is 0 Å². The second kappa shape index (κ2) is 5.92. The van der Waals surface area contributed by atoms with Crippen LogP contribution in [-0.2, 0) is 0 Å². The second-order valence-corrected chi connectivity index (χ2v) is 6.70. The van der Waals surface area contributed by atoms with Crippen LogP contribution in [0.3, 0.4) is 0 Å². The van der Waals surface area contributed by atoms with Crippen molar-refractivity contribution in [2.75, 3.05) is 0 Å². The van der Waals surface area contributed by atoms with E-state index >= 15 is 0 Å². The fourth-order valence-corrected chi connectivity index (χ4v) is 3.20. The summed E-state index contributed by atoms with van der Waals surface area (Å²) < 4.78 is 0. The smallest absolute Gasteiger partial charge is 0.269 e. The predicted molar refractivity (Wildman–Crippen MR) is 80.7 cm³/mol. The Morgan fingerprint density at radius 1 is 1.45 bits per heavy atom. The second-order valence-electron chi connectivity index (χ2n) is 6.70. The highest BCUT2D eigenvalue weighted by Crippen LogP contribution is 2.36. The van der Waals surface area contributed by atoms with Gasteiger partial charge in [-0.15, -0.1) is 0 Å². The quantitative estimate of drug-likeness (QED) is 0.662. The first-order chi connectivity index (χ1) is 9.37. The first-order valence-corrected chi connectivity index (χ1v) is 7.38. The lowest BCUT2D eigenvalue weighted by atomic mass is 9.75. The topological polar surface area (TPSA) is 55.2 Å². The molecule has 1 aliphatic rings. The average molecular weight is 276 g/mol. The first kappa shape index (κ1) is 15.0. The van der Waals surface area contributed by atoms with E-state index < -0.39 is 0 Å². The molecule has 0 bridgehead atoms. The average Bonchev–Trinajstić information content (AvgIpc) is 2.37. The van der Waals surface area contributed by atoms with E-state index in [1.165, 1.54) is 25.7 Å². The van der Waals surface area contributed by atoms with Crippen LogP contribution in [0.2, 0.25) is 0 Å². The van der Waals surface area contributed by atoms with Gasteiger partial charge in [-0.2, -0.15) is 0 Å². The Hall–Kier alpha value is -1.42. The lowest BCUT2D eigenvalue weighted by molar-refractivity contribution is -0.384. The Morgan fingerprint density at radius 3 is 2.85 bits per heavy atom. The summed E-state index contributed by atoms with van der Waals surface area (Å²) in [6, 6.07) is 7.59. The molecule has 4 heteroatoms. The molecule has 110 valence electrons. The van der Waals surface area contributed by atoms with Crippen molar-refractivity contribution in [1.29, 1.82) is 0 Å².